The van der Waals surface area contributed by atoms with Crippen LogP contribution < -0.4 is 24.4 Å². The smallest absolute Gasteiger partial charge is 0.271 e. The minimum absolute atomic E-state index is 0.00192. The largest absolute Gasteiger partial charge is 0.496 e. The number of aromatic nitrogens is 1. The minimum Gasteiger partial charge on any atom is -0.496 e. The Kier molecular flexibility index (Phi) is 9.64. The van der Waals surface area contributed by atoms with Crippen LogP contribution in [0.25, 0.3) is 6.08 Å². The van der Waals surface area contributed by atoms with E-state index in [-0.39, 0.29) is 23.8 Å². The third-order valence-corrected chi connectivity index (χ3v) is 9.01. The molecule has 1 atom stereocenters. The van der Waals surface area contributed by atoms with E-state index in [9.17, 15) is 19.7 Å². The Bertz CT molecular complexity index is 1980. The maximum atomic E-state index is 14.2. The number of hydrogen-bond acceptors (Lipinski definition) is 8. The van der Waals surface area contributed by atoms with Crippen molar-refractivity contribution in [2.24, 2.45) is 4.99 Å². The van der Waals surface area contributed by atoms with Crippen molar-refractivity contribution < 1.29 is 19.2 Å². The van der Waals surface area contributed by atoms with Gasteiger partial charge in [-0.05, 0) is 68.8 Å². The fraction of sp³-hybridized carbons (Fsp3) is 0.242. The SMILES string of the molecule is CCN(CC)C(=O)C1=C(C)N=c2s/c(=C/c3cc(Br)ccc3OCc3ccc([N+](=O)[O-])cc3)c(=O)n2[C@@H]1c1ccccc1OC. The van der Waals surface area contributed by atoms with Crippen molar-refractivity contribution in [3.05, 3.63) is 129 Å². The molecule has 0 fully saturated rings. The summed E-state index contributed by atoms with van der Waals surface area (Å²) in [6.45, 7) is 6.84. The number of non-ortho nitro benzene ring substituents is 1. The molecular formula is C33H31BrN4O6S. The summed E-state index contributed by atoms with van der Waals surface area (Å²) in [4.78, 5) is 45.6. The van der Waals surface area contributed by atoms with Crippen LogP contribution in [0.5, 0.6) is 11.5 Å². The normalized spacial score (nSPS) is 14.5. The van der Waals surface area contributed by atoms with Gasteiger partial charge in [-0.3, -0.25) is 24.3 Å². The number of nitro groups is 1. The van der Waals surface area contributed by atoms with Gasteiger partial charge in [-0.25, -0.2) is 4.99 Å². The number of ether oxygens (including phenoxy) is 2. The second kappa shape index (κ2) is 13.6. The highest BCUT2D eigenvalue weighted by atomic mass is 79.9. The predicted octanol–water partition coefficient (Wildman–Crippen LogP) is 5.36. The van der Waals surface area contributed by atoms with Crippen LogP contribution in [-0.4, -0.2) is 40.5 Å². The molecule has 0 bridgehead atoms. The summed E-state index contributed by atoms with van der Waals surface area (Å²) < 4.78 is 14.6. The fourth-order valence-corrected chi connectivity index (χ4v) is 6.66. The van der Waals surface area contributed by atoms with Crippen LogP contribution in [0.2, 0.25) is 0 Å². The molecule has 0 unspecified atom stereocenters. The van der Waals surface area contributed by atoms with Crippen molar-refractivity contribution in [1.82, 2.24) is 9.47 Å². The Balaban J connectivity index is 1.62. The number of methoxy groups -OCH3 is 1. The number of carbonyl (C=O) groups is 1. The molecule has 232 valence electrons. The van der Waals surface area contributed by atoms with E-state index in [1.165, 1.54) is 23.5 Å². The summed E-state index contributed by atoms with van der Waals surface area (Å²) in [5, 5.41) is 11.0. The fourth-order valence-electron chi connectivity index (χ4n) is 5.24. The van der Waals surface area contributed by atoms with Gasteiger partial charge in [0.25, 0.3) is 17.2 Å². The number of para-hydroxylation sites is 1. The zero-order valence-corrected chi connectivity index (χ0v) is 27.6. The molecule has 4 aromatic rings. The van der Waals surface area contributed by atoms with E-state index in [1.54, 1.807) is 47.8 Å². The third-order valence-electron chi connectivity index (χ3n) is 7.54. The first kappa shape index (κ1) is 31.9. The lowest BCUT2D eigenvalue weighted by Gasteiger charge is -2.29. The van der Waals surface area contributed by atoms with Crippen molar-refractivity contribution in [2.75, 3.05) is 20.2 Å². The number of fused-ring (bicyclic) bond motifs is 1. The number of hydrogen-bond donors (Lipinski definition) is 0. The zero-order valence-electron chi connectivity index (χ0n) is 25.2. The van der Waals surface area contributed by atoms with Crippen molar-refractivity contribution in [1.29, 1.82) is 0 Å². The number of amides is 1. The molecule has 1 amide bonds. The zero-order chi connectivity index (χ0) is 32.2. The summed E-state index contributed by atoms with van der Waals surface area (Å²) >= 11 is 4.75. The molecule has 0 radical (unpaired) electrons. The molecule has 0 saturated carbocycles. The van der Waals surface area contributed by atoms with Crippen molar-refractivity contribution in [3.63, 3.8) is 0 Å². The topological polar surface area (TPSA) is 116 Å². The Labute approximate surface area is 271 Å². The molecule has 0 spiro atoms. The van der Waals surface area contributed by atoms with Crippen molar-refractivity contribution in [2.45, 2.75) is 33.4 Å². The van der Waals surface area contributed by atoms with Crippen LogP contribution in [0.15, 0.2) is 92.3 Å². The lowest BCUT2D eigenvalue weighted by molar-refractivity contribution is -0.384. The van der Waals surface area contributed by atoms with Gasteiger partial charge in [-0.2, -0.15) is 0 Å². The maximum Gasteiger partial charge on any atom is 0.271 e. The highest BCUT2D eigenvalue weighted by Gasteiger charge is 2.35. The molecule has 0 N–H and O–H groups in total. The quantitative estimate of drug-likeness (QED) is 0.163. The van der Waals surface area contributed by atoms with Crippen LogP contribution in [0, 0.1) is 10.1 Å². The molecule has 10 nitrogen and oxygen atoms in total. The van der Waals surface area contributed by atoms with Gasteiger partial charge < -0.3 is 14.4 Å². The summed E-state index contributed by atoms with van der Waals surface area (Å²) in [5.41, 5.74) is 2.77. The Morgan fingerprint density at radius 2 is 1.82 bits per heavy atom. The van der Waals surface area contributed by atoms with Gasteiger partial charge in [0.1, 0.15) is 24.1 Å². The second-order valence-corrected chi connectivity index (χ2v) is 12.1. The number of nitrogens with zero attached hydrogens (tertiary/aromatic N) is 4. The van der Waals surface area contributed by atoms with E-state index in [1.807, 2.05) is 50.2 Å². The van der Waals surface area contributed by atoms with Crippen molar-refractivity contribution >= 4 is 44.9 Å². The van der Waals surface area contributed by atoms with E-state index in [0.29, 0.717) is 56.3 Å². The number of likely N-dealkylation sites (N-methyl/N-ethyl adjacent to an activating group) is 1. The van der Waals surface area contributed by atoms with Crippen LogP contribution in [0.4, 0.5) is 5.69 Å². The second-order valence-electron chi connectivity index (χ2n) is 10.2. The van der Waals surface area contributed by atoms with Gasteiger partial charge in [0.15, 0.2) is 4.80 Å². The van der Waals surface area contributed by atoms with Crippen LogP contribution in [-0.2, 0) is 11.4 Å². The number of halogens is 1. The van der Waals surface area contributed by atoms with Gasteiger partial charge in [-0.15, -0.1) is 0 Å². The molecule has 3 aromatic carbocycles. The lowest BCUT2D eigenvalue weighted by Crippen LogP contribution is -2.43. The van der Waals surface area contributed by atoms with Crippen molar-refractivity contribution in [3.8, 4) is 11.5 Å². The van der Waals surface area contributed by atoms with E-state index >= 15 is 0 Å². The maximum absolute atomic E-state index is 14.2. The molecular weight excluding hydrogens is 660 g/mol. The van der Waals surface area contributed by atoms with E-state index in [2.05, 4.69) is 15.9 Å². The van der Waals surface area contributed by atoms with Gasteiger partial charge >= 0.3 is 0 Å². The Morgan fingerprint density at radius 3 is 2.49 bits per heavy atom. The van der Waals surface area contributed by atoms with E-state index in [0.717, 1.165) is 10.0 Å². The van der Waals surface area contributed by atoms with Crippen LogP contribution in [0.3, 0.4) is 0 Å². The first-order chi connectivity index (χ1) is 21.7. The van der Waals surface area contributed by atoms with E-state index < -0.39 is 11.0 Å². The molecule has 1 aliphatic heterocycles. The highest BCUT2D eigenvalue weighted by molar-refractivity contribution is 9.10. The Morgan fingerprint density at radius 1 is 1.11 bits per heavy atom. The predicted molar refractivity (Wildman–Crippen MR) is 176 cm³/mol. The molecule has 0 saturated heterocycles. The number of nitro benzene ring substituents is 1. The van der Waals surface area contributed by atoms with E-state index in [4.69, 9.17) is 14.5 Å². The standard InChI is InChI=1S/C33H31BrN4O6S/c1-5-36(6-2)32(40)29-20(3)35-33-37(30(29)25-9-7-8-10-27(25)43-4)31(39)28(45-33)18-22-17-23(34)13-16-26(22)44-19-21-11-14-24(15-12-21)38(41)42/h7-18,30H,5-6,19H2,1-4H3/b28-18+/t30-/m1/s1. The molecule has 0 aliphatic carbocycles. The Hall–Kier alpha value is -4.55. The first-order valence-corrected chi connectivity index (χ1v) is 15.9. The molecule has 45 heavy (non-hydrogen) atoms. The molecule has 2 heterocycles. The summed E-state index contributed by atoms with van der Waals surface area (Å²) in [7, 11) is 1.57. The summed E-state index contributed by atoms with van der Waals surface area (Å²) in [5.74, 6) is 0.906. The molecule has 5 rings (SSSR count). The molecule has 12 heteroatoms. The monoisotopic (exact) mass is 690 g/mol. The number of thiazole rings is 1. The highest BCUT2D eigenvalue weighted by Crippen LogP contribution is 2.36. The van der Waals surface area contributed by atoms with Crippen LogP contribution in [0.1, 0.15) is 43.5 Å². The average Bonchev–Trinajstić information content (AvgIpc) is 3.34. The van der Waals surface area contributed by atoms with Gasteiger partial charge in [0.2, 0.25) is 0 Å². The molecule has 1 aliphatic rings. The van der Waals surface area contributed by atoms with Crippen LogP contribution >= 0.6 is 27.3 Å². The summed E-state index contributed by atoms with van der Waals surface area (Å²) in [6, 6.07) is 18.3. The number of rotatable bonds is 10. The first-order valence-electron chi connectivity index (χ1n) is 14.3. The van der Waals surface area contributed by atoms with Gasteiger partial charge in [0.05, 0.1) is 27.8 Å². The number of benzene rings is 3. The number of carbonyl (C=O) groups excluding carboxylic acids is 1. The van der Waals surface area contributed by atoms with Gasteiger partial charge in [0, 0.05) is 40.8 Å². The molecule has 1 aromatic heterocycles. The van der Waals surface area contributed by atoms with Gasteiger partial charge in [-0.1, -0.05) is 45.5 Å². The number of allylic oxidation sites excluding steroid dienone is 1. The minimum atomic E-state index is -0.743. The average molecular weight is 692 g/mol. The third kappa shape index (κ3) is 6.47. The lowest BCUT2D eigenvalue weighted by atomic mass is 9.94. The summed E-state index contributed by atoms with van der Waals surface area (Å²) in [6.07, 6.45) is 1.75.